The second-order valence-corrected chi connectivity index (χ2v) is 10.8. The highest BCUT2D eigenvalue weighted by Gasteiger charge is 2.39. The fraction of sp³-hybridized carbons (Fsp3) is 0.345. The number of aromatic nitrogens is 3. The second kappa shape index (κ2) is 8.48. The molecule has 0 spiro atoms. The fourth-order valence-electron chi connectivity index (χ4n) is 5.46. The normalized spacial score (nSPS) is 17.6. The molecule has 5 nitrogen and oxygen atoms in total. The fourth-order valence-corrected chi connectivity index (χ4v) is 5.46. The van der Waals surface area contributed by atoms with E-state index in [-0.39, 0.29) is 11.1 Å². The summed E-state index contributed by atoms with van der Waals surface area (Å²) in [5, 5.41) is 15.2. The molecule has 2 aromatic carbocycles. The van der Waals surface area contributed by atoms with Gasteiger partial charge in [-0.3, -0.25) is 4.98 Å². The van der Waals surface area contributed by atoms with Gasteiger partial charge in [0.15, 0.2) is 5.82 Å². The number of nitrogens with one attached hydrogen (secondary N) is 1. The maximum atomic E-state index is 4.68. The summed E-state index contributed by atoms with van der Waals surface area (Å²) >= 11 is 0. The molecule has 1 fully saturated rings. The molecule has 0 aliphatic carbocycles. The third-order valence-corrected chi connectivity index (χ3v) is 6.82. The Kier molecular flexibility index (Phi) is 5.61. The zero-order valence-electron chi connectivity index (χ0n) is 20.7. The summed E-state index contributed by atoms with van der Waals surface area (Å²) < 4.78 is 0. The van der Waals surface area contributed by atoms with Crippen LogP contribution >= 0.6 is 0 Å². The molecule has 174 valence electrons. The Bertz CT molecular complexity index is 1280. The molecule has 1 aliphatic heterocycles. The van der Waals surface area contributed by atoms with Gasteiger partial charge in [-0.1, -0.05) is 42.5 Å². The molecule has 2 aromatic heterocycles. The van der Waals surface area contributed by atoms with E-state index in [1.54, 1.807) is 0 Å². The van der Waals surface area contributed by atoms with Crippen LogP contribution in [0, 0.1) is 0 Å². The van der Waals surface area contributed by atoms with Crippen LogP contribution in [0.5, 0.6) is 0 Å². The molecular formula is C29H33N5. The quantitative estimate of drug-likeness (QED) is 0.406. The van der Waals surface area contributed by atoms with Crippen molar-refractivity contribution >= 4 is 16.6 Å². The number of nitrogens with zero attached hydrogens (tertiary/aromatic N) is 4. The van der Waals surface area contributed by atoms with E-state index in [2.05, 4.69) is 109 Å². The lowest BCUT2D eigenvalue weighted by Gasteiger charge is -2.49. The van der Waals surface area contributed by atoms with Gasteiger partial charge in [-0.25, -0.2) is 0 Å². The summed E-state index contributed by atoms with van der Waals surface area (Å²) in [5.74, 6) is 0.914. The predicted octanol–water partition coefficient (Wildman–Crippen LogP) is 6.10. The minimum absolute atomic E-state index is 0.0908. The van der Waals surface area contributed by atoms with Crippen LogP contribution in [0.15, 0.2) is 72.9 Å². The van der Waals surface area contributed by atoms with E-state index in [0.29, 0.717) is 6.04 Å². The van der Waals surface area contributed by atoms with Gasteiger partial charge in [0.05, 0.1) is 11.4 Å². The highest BCUT2D eigenvalue weighted by molar-refractivity contribution is 5.88. The third-order valence-electron chi connectivity index (χ3n) is 6.82. The van der Waals surface area contributed by atoms with Gasteiger partial charge >= 0.3 is 0 Å². The Morgan fingerprint density at radius 2 is 1.50 bits per heavy atom. The Balaban J connectivity index is 1.37. The lowest BCUT2D eigenvalue weighted by atomic mass is 9.79. The summed E-state index contributed by atoms with van der Waals surface area (Å²) in [4.78, 5) is 6.96. The van der Waals surface area contributed by atoms with Crippen molar-refractivity contribution in [3.05, 3.63) is 72.9 Å². The van der Waals surface area contributed by atoms with E-state index in [0.717, 1.165) is 51.9 Å². The Labute approximate surface area is 202 Å². The van der Waals surface area contributed by atoms with E-state index >= 15 is 0 Å². The Hall–Kier alpha value is -3.31. The van der Waals surface area contributed by atoms with Gasteiger partial charge in [-0.15, -0.1) is 10.2 Å². The topological polar surface area (TPSA) is 53.9 Å². The average molecular weight is 452 g/mol. The van der Waals surface area contributed by atoms with E-state index in [9.17, 15) is 0 Å². The monoisotopic (exact) mass is 451 g/mol. The van der Waals surface area contributed by atoms with Crippen LogP contribution < -0.4 is 10.2 Å². The first kappa shape index (κ1) is 22.5. The molecule has 34 heavy (non-hydrogen) atoms. The summed E-state index contributed by atoms with van der Waals surface area (Å²) in [6.07, 6.45) is 4.08. The Morgan fingerprint density at radius 3 is 2.18 bits per heavy atom. The zero-order chi connectivity index (χ0) is 23.9. The summed E-state index contributed by atoms with van der Waals surface area (Å²) in [5.41, 5.74) is 4.21. The number of hydrogen-bond acceptors (Lipinski definition) is 5. The van der Waals surface area contributed by atoms with Crippen LogP contribution in [0.3, 0.4) is 0 Å². The second-order valence-electron chi connectivity index (χ2n) is 10.8. The minimum Gasteiger partial charge on any atom is -0.355 e. The first-order valence-electron chi connectivity index (χ1n) is 12.0. The van der Waals surface area contributed by atoms with Crippen LogP contribution in [-0.2, 0) is 0 Å². The molecule has 0 unspecified atom stereocenters. The van der Waals surface area contributed by atoms with Gasteiger partial charge in [-0.2, -0.15) is 0 Å². The Morgan fingerprint density at radius 1 is 0.765 bits per heavy atom. The molecule has 0 bridgehead atoms. The molecule has 1 N–H and O–H groups in total. The number of benzene rings is 2. The van der Waals surface area contributed by atoms with Gasteiger partial charge in [-0.05, 0) is 70.2 Å². The summed E-state index contributed by atoms with van der Waals surface area (Å²) in [6.45, 7) is 9.11. The summed E-state index contributed by atoms with van der Waals surface area (Å²) in [7, 11) is 2.14. The minimum atomic E-state index is 0.0908. The molecule has 0 saturated carbocycles. The highest BCUT2D eigenvalue weighted by atomic mass is 15.3. The smallest absolute Gasteiger partial charge is 0.151 e. The van der Waals surface area contributed by atoms with Gasteiger partial charge in [0.2, 0.25) is 0 Å². The summed E-state index contributed by atoms with van der Waals surface area (Å²) in [6, 6.07) is 23.4. The van der Waals surface area contributed by atoms with Crippen LogP contribution in [0.2, 0.25) is 0 Å². The van der Waals surface area contributed by atoms with Crippen molar-refractivity contribution in [2.24, 2.45) is 0 Å². The van der Waals surface area contributed by atoms with Crippen molar-refractivity contribution in [1.82, 2.24) is 20.5 Å². The highest BCUT2D eigenvalue weighted by Crippen LogP contribution is 2.33. The van der Waals surface area contributed by atoms with E-state index in [1.807, 2.05) is 24.4 Å². The zero-order valence-corrected chi connectivity index (χ0v) is 20.7. The average Bonchev–Trinajstić information content (AvgIpc) is 2.81. The first-order chi connectivity index (χ1) is 16.2. The number of hydrogen-bond donors (Lipinski definition) is 1. The van der Waals surface area contributed by atoms with Gasteiger partial charge in [0.1, 0.15) is 0 Å². The lowest BCUT2D eigenvalue weighted by Crippen LogP contribution is -2.62. The molecule has 0 radical (unpaired) electrons. The van der Waals surface area contributed by atoms with Gasteiger partial charge < -0.3 is 10.2 Å². The molecule has 4 aromatic rings. The van der Waals surface area contributed by atoms with Crippen molar-refractivity contribution < 1.29 is 0 Å². The largest absolute Gasteiger partial charge is 0.355 e. The van der Waals surface area contributed by atoms with E-state index in [4.69, 9.17) is 0 Å². The first-order valence-corrected chi connectivity index (χ1v) is 12.0. The molecule has 5 heteroatoms. The number of anilines is 1. The predicted molar refractivity (Wildman–Crippen MR) is 141 cm³/mol. The van der Waals surface area contributed by atoms with E-state index < -0.39 is 0 Å². The number of fused-ring (bicyclic) bond motifs is 1. The molecule has 1 aliphatic rings. The number of pyridine rings is 1. The van der Waals surface area contributed by atoms with E-state index in [1.165, 1.54) is 0 Å². The van der Waals surface area contributed by atoms with Gasteiger partial charge in [0.25, 0.3) is 0 Å². The van der Waals surface area contributed by atoms with Crippen LogP contribution in [-0.4, -0.2) is 39.3 Å². The lowest BCUT2D eigenvalue weighted by molar-refractivity contribution is 0.160. The molecule has 1 saturated heterocycles. The van der Waals surface area contributed by atoms with Gasteiger partial charge in [0, 0.05) is 46.9 Å². The van der Waals surface area contributed by atoms with Crippen molar-refractivity contribution in [2.75, 3.05) is 11.9 Å². The number of rotatable bonds is 4. The SMILES string of the molecule is CN(c1ccc(-c2ccc3cc(-c4ccccc4)ncc3c2)nn1)C1CC(C)(C)NC(C)(C)C1. The number of piperidine rings is 1. The molecule has 3 heterocycles. The van der Waals surface area contributed by atoms with Crippen molar-refractivity contribution in [2.45, 2.75) is 57.7 Å². The maximum Gasteiger partial charge on any atom is 0.151 e. The van der Waals surface area contributed by atoms with Crippen molar-refractivity contribution in [3.63, 3.8) is 0 Å². The molecule has 0 amide bonds. The standard InChI is InChI=1S/C29H33N5/c1-28(2)17-24(18-29(3,4)33-28)34(5)27-14-13-25(31-32-27)22-12-11-21-16-26(30-19-23(21)15-22)20-9-7-6-8-10-20/h6-16,19,24,33H,17-18H2,1-5H3. The molecule has 5 rings (SSSR count). The van der Waals surface area contributed by atoms with Crippen LogP contribution in [0.1, 0.15) is 40.5 Å². The third kappa shape index (κ3) is 4.66. The molecular weight excluding hydrogens is 418 g/mol. The molecule has 0 atom stereocenters. The van der Waals surface area contributed by atoms with Crippen molar-refractivity contribution in [1.29, 1.82) is 0 Å². The van der Waals surface area contributed by atoms with Crippen LogP contribution in [0.4, 0.5) is 5.82 Å². The maximum absolute atomic E-state index is 4.68. The van der Waals surface area contributed by atoms with Crippen molar-refractivity contribution in [3.8, 4) is 22.5 Å². The van der Waals surface area contributed by atoms with Crippen LogP contribution in [0.25, 0.3) is 33.3 Å².